The Balaban J connectivity index is 2.10. The van der Waals surface area contributed by atoms with Crippen LogP contribution in [0.5, 0.6) is 0 Å². The third-order valence-corrected chi connectivity index (χ3v) is 4.38. The highest BCUT2D eigenvalue weighted by Crippen LogP contribution is 2.29. The molecule has 0 aliphatic rings. The molecule has 1 N–H and O–H groups in total. The lowest BCUT2D eigenvalue weighted by Crippen LogP contribution is -2.27. The van der Waals surface area contributed by atoms with E-state index in [1.54, 1.807) is 31.2 Å². The Kier molecular flexibility index (Phi) is 5.88. The molecule has 0 bridgehead atoms. The van der Waals surface area contributed by atoms with E-state index in [1.807, 2.05) is 0 Å². The van der Waals surface area contributed by atoms with E-state index in [-0.39, 0.29) is 16.3 Å². The first-order chi connectivity index (χ1) is 11.3. The molecule has 128 valence electrons. The Bertz CT molecular complexity index is 700. The summed E-state index contributed by atoms with van der Waals surface area (Å²) in [5, 5.41) is 2.71. The summed E-state index contributed by atoms with van der Waals surface area (Å²) in [6.07, 6.45) is -4.31. The summed E-state index contributed by atoms with van der Waals surface area (Å²) in [5.74, 6) is -1.92. The first kappa shape index (κ1) is 18.3. The van der Waals surface area contributed by atoms with Gasteiger partial charge in [0.1, 0.15) is 5.82 Å². The minimum absolute atomic E-state index is 0.181. The molecule has 24 heavy (non-hydrogen) atoms. The van der Waals surface area contributed by atoms with Crippen molar-refractivity contribution >= 4 is 17.7 Å². The first-order valence-corrected chi connectivity index (χ1v) is 8.10. The van der Waals surface area contributed by atoms with Crippen LogP contribution in [0.3, 0.4) is 0 Å². The molecule has 0 aromatic heterocycles. The summed E-state index contributed by atoms with van der Waals surface area (Å²) < 4.78 is 50.1. The third-order valence-electron chi connectivity index (χ3n) is 3.24. The van der Waals surface area contributed by atoms with E-state index in [0.717, 1.165) is 0 Å². The number of carbonyl (C=O) groups excluding carboxylic acids is 1. The van der Waals surface area contributed by atoms with Crippen LogP contribution in [0, 0.1) is 5.82 Å². The maximum absolute atomic E-state index is 12.9. The van der Waals surface area contributed by atoms with E-state index in [2.05, 4.69) is 5.32 Å². The Morgan fingerprint density at radius 3 is 2.38 bits per heavy atom. The fourth-order valence-electron chi connectivity index (χ4n) is 2.05. The van der Waals surface area contributed by atoms with E-state index in [1.165, 1.54) is 24.3 Å². The van der Waals surface area contributed by atoms with Gasteiger partial charge in [-0.2, -0.15) is 13.2 Å². The number of thioether (sulfide) groups is 1. The SMILES string of the molecule is C[C@H](NC(=O)c1ccccc1SCC(F)(F)F)c1ccc(F)cc1. The van der Waals surface area contributed by atoms with Crippen LogP contribution in [-0.4, -0.2) is 17.8 Å². The summed E-state index contributed by atoms with van der Waals surface area (Å²) in [5.41, 5.74) is 0.880. The molecule has 0 aliphatic carbocycles. The number of nitrogens with one attached hydrogen (secondary N) is 1. The van der Waals surface area contributed by atoms with Gasteiger partial charge in [-0.25, -0.2) is 4.39 Å². The second-order valence-corrected chi connectivity index (χ2v) is 6.16. The largest absolute Gasteiger partial charge is 0.398 e. The summed E-state index contributed by atoms with van der Waals surface area (Å²) >= 11 is 0.572. The van der Waals surface area contributed by atoms with Crippen molar-refractivity contribution in [2.24, 2.45) is 0 Å². The molecule has 7 heteroatoms. The number of hydrogen-bond donors (Lipinski definition) is 1. The van der Waals surface area contributed by atoms with Gasteiger partial charge in [-0.3, -0.25) is 4.79 Å². The van der Waals surface area contributed by atoms with Crippen LogP contribution < -0.4 is 5.32 Å². The average molecular weight is 357 g/mol. The normalized spacial score (nSPS) is 12.7. The number of hydrogen-bond acceptors (Lipinski definition) is 2. The molecule has 2 aromatic rings. The van der Waals surface area contributed by atoms with E-state index in [9.17, 15) is 22.4 Å². The minimum Gasteiger partial charge on any atom is -0.345 e. The van der Waals surface area contributed by atoms with Gasteiger partial charge in [0.05, 0.1) is 17.4 Å². The molecule has 0 heterocycles. The molecule has 2 rings (SSSR count). The number of rotatable bonds is 5. The Morgan fingerprint density at radius 1 is 1.12 bits per heavy atom. The third kappa shape index (κ3) is 5.26. The van der Waals surface area contributed by atoms with Gasteiger partial charge in [0.2, 0.25) is 0 Å². The van der Waals surface area contributed by atoms with E-state index >= 15 is 0 Å². The predicted octanol–water partition coefficient (Wildman–Crippen LogP) is 4.97. The van der Waals surface area contributed by atoms with Crippen molar-refractivity contribution in [3.8, 4) is 0 Å². The van der Waals surface area contributed by atoms with Crippen LogP contribution >= 0.6 is 11.8 Å². The van der Waals surface area contributed by atoms with Crippen molar-refractivity contribution in [1.82, 2.24) is 5.32 Å². The monoisotopic (exact) mass is 357 g/mol. The highest BCUT2D eigenvalue weighted by Gasteiger charge is 2.28. The van der Waals surface area contributed by atoms with Gasteiger partial charge < -0.3 is 5.32 Å². The number of benzene rings is 2. The van der Waals surface area contributed by atoms with Crippen LogP contribution in [0.15, 0.2) is 53.4 Å². The van der Waals surface area contributed by atoms with Crippen LogP contribution in [0.1, 0.15) is 28.9 Å². The van der Waals surface area contributed by atoms with Crippen LogP contribution in [0.4, 0.5) is 17.6 Å². The lowest BCUT2D eigenvalue weighted by Gasteiger charge is -2.16. The lowest BCUT2D eigenvalue weighted by molar-refractivity contribution is -0.105. The van der Waals surface area contributed by atoms with Gasteiger partial charge in [0.25, 0.3) is 5.91 Å². The highest BCUT2D eigenvalue weighted by molar-refractivity contribution is 7.99. The van der Waals surface area contributed by atoms with Crippen LogP contribution in [0.2, 0.25) is 0 Å². The molecule has 0 fully saturated rings. The molecule has 0 aliphatic heterocycles. The molecular formula is C17H15F4NOS. The van der Waals surface area contributed by atoms with E-state index in [4.69, 9.17) is 0 Å². The molecule has 0 unspecified atom stereocenters. The highest BCUT2D eigenvalue weighted by atomic mass is 32.2. The van der Waals surface area contributed by atoms with Crippen molar-refractivity contribution < 1.29 is 22.4 Å². The quantitative estimate of drug-likeness (QED) is 0.605. The Labute approximate surface area is 141 Å². The molecule has 0 spiro atoms. The summed E-state index contributed by atoms with van der Waals surface area (Å²) in [6, 6.07) is 11.4. The summed E-state index contributed by atoms with van der Waals surface area (Å²) in [4.78, 5) is 12.6. The van der Waals surface area contributed by atoms with Crippen LogP contribution in [0.25, 0.3) is 0 Å². The van der Waals surface area contributed by atoms with Gasteiger partial charge >= 0.3 is 6.18 Å². The Morgan fingerprint density at radius 2 is 1.75 bits per heavy atom. The summed E-state index contributed by atoms with van der Waals surface area (Å²) in [6.45, 7) is 1.72. The van der Waals surface area contributed by atoms with Gasteiger partial charge in [-0.15, -0.1) is 11.8 Å². The fraction of sp³-hybridized carbons (Fsp3) is 0.235. The van der Waals surface area contributed by atoms with Gasteiger partial charge in [0.15, 0.2) is 0 Å². The standard InChI is InChI=1S/C17H15F4NOS/c1-11(12-6-8-13(18)9-7-12)22-16(23)14-4-2-3-5-15(14)24-10-17(19,20)21/h2-9,11H,10H2,1H3,(H,22,23)/t11-/m0/s1. The molecular weight excluding hydrogens is 342 g/mol. The fourth-order valence-corrected chi connectivity index (χ4v) is 2.86. The van der Waals surface area contributed by atoms with E-state index in [0.29, 0.717) is 17.3 Å². The minimum atomic E-state index is -4.31. The second kappa shape index (κ2) is 7.70. The van der Waals surface area contributed by atoms with Gasteiger partial charge in [-0.1, -0.05) is 24.3 Å². The second-order valence-electron chi connectivity index (χ2n) is 5.15. The maximum Gasteiger partial charge on any atom is 0.398 e. The maximum atomic E-state index is 12.9. The number of alkyl halides is 3. The van der Waals surface area contributed by atoms with E-state index < -0.39 is 23.9 Å². The van der Waals surface area contributed by atoms with Gasteiger partial charge in [-0.05, 0) is 36.8 Å². The number of amides is 1. The van der Waals surface area contributed by atoms with Crippen LogP contribution in [-0.2, 0) is 0 Å². The van der Waals surface area contributed by atoms with Crippen molar-refractivity contribution in [3.05, 3.63) is 65.5 Å². The average Bonchev–Trinajstić information content (AvgIpc) is 2.53. The number of carbonyl (C=O) groups is 1. The smallest absolute Gasteiger partial charge is 0.345 e. The zero-order chi connectivity index (χ0) is 17.7. The molecule has 1 amide bonds. The first-order valence-electron chi connectivity index (χ1n) is 7.11. The predicted molar refractivity (Wildman–Crippen MR) is 85.5 cm³/mol. The number of halogens is 4. The molecule has 2 nitrogen and oxygen atoms in total. The molecule has 0 saturated carbocycles. The molecule has 0 radical (unpaired) electrons. The van der Waals surface area contributed by atoms with Crippen molar-refractivity contribution in [1.29, 1.82) is 0 Å². The lowest BCUT2D eigenvalue weighted by atomic mass is 10.1. The van der Waals surface area contributed by atoms with Crippen molar-refractivity contribution in [2.75, 3.05) is 5.75 Å². The summed E-state index contributed by atoms with van der Waals surface area (Å²) in [7, 11) is 0. The van der Waals surface area contributed by atoms with Crippen molar-refractivity contribution in [3.63, 3.8) is 0 Å². The molecule has 0 saturated heterocycles. The zero-order valence-corrected chi connectivity index (χ0v) is 13.5. The Hall–Kier alpha value is -2.02. The molecule has 1 atom stereocenters. The molecule has 2 aromatic carbocycles. The van der Waals surface area contributed by atoms with Crippen molar-refractivity contribution in [2.45, 2.75) is 24.0 Å². The topological polar surface area (TPSA) is 29.1 Å². The zero-order valence-electron chi connectivity index (χ0n) is 12.7. The van der Waals surface area contributed by atoms with Gasteiger partial charge in [0, 0.05) is 4.90 Å².